The molecule has 0 bridgehead atoms. The highest BCUT2D eigenvalue weighted by Crippen LogP contribution is 2.34. The maximum absolute atomic E-state index is 13.7. The van der Waals surface area contributed by atoms with E-state index in [1.54, 1.807) is 42.5 Å². The van der Waals surface area contributed by atoms with Gasteiger partial charge in [-0.25, -0.2) is 8.42 Å². The van der Waals surface area contributed by atoms with Crippen LogP contribution in [-0.2, 0) is 16.6 Å². The summed E-state index contributed by atoms with van der Waals surface area (Å²) in [7, 11) is -2.38. The van der Waals surface area contributed by atoms with Gasteiger partial charge in [-0.15, -0.1) is 0 Å². The monoisotopic (exact) mass is 611 g/mol. The predicted molar refractivity (Wildman–Crippen MR) is 148 cm³/mol. The van der Waals surface area contributed by atoms with E-state index in [9.17, 15) is 8.42 Å². The average molecular weight is 613 g/mol. The Balaban J connectivity index is 1.57. The Morgan fingerprint density at radius 3 is 2.44 bits per heavy atom. The summed E-state index contributed by atoms with van der Waals surface area (Å²) in [5, 5.41) is 0.881. The fraction of sp³-hybridized carbons (Fsp3) is 0.333. The lowest BCUT2D eigenvalue weighted by Crippen LogP contribution is -2.27. The molecule has 0 aliphatic heterocycles. The summed E-state index contributed by atoms with van der Waals surface area (Å²) in [4.78, 5) is 0.0581. The van der Waals surface area contributed by atoms with E-state index in [4.69, 9.17) is 32.7 Å². The van der Waals surface area contributed by atoms with Crippen molar-refractivity contribution >= 4 is 49.2 Å². The van der Waals surface area contributed by atoms with E-state index in [0.717, 1.165) is 17.3 Å². The highest BCUT2D eigenvalue weighted by atomic mass is 79.9. The van der Waals surface area contributed by atoms with Crippen LogP contribution in [0, 0.1) is 5.92 Å². The third kappa shape index (κ3) is 6.95. The molecule has 36 heavy (non-hydrogen) atoms. The van der Waals surface area contributed by atoms with Crippen molar-refractivity contribution in [2.45, 2.75) is 43.5 Å². The van der Waals surface area contributed by atoms with Gasteiger partial charge in [-0.3, -0.25) is 0 Å². The van der Waals surface area contributed by atoms with Crippen LogP contribution in [-0.4, -0.2) is 26.4 Å². The first-order valence-corrected chi connectivity index (χ1v) is 14.8. The van der Waals surface area contributed by atoms with Crippen molar-refractivity contribution in [1.29, 1.82) is 0 Å². The molecule has 0 spiro atoms. The molecule has 1 fully saturated rings. The first-order valence-electron chi connectivity index (χ1n) is 11.8. The van der Waals surface area contributed by atoms with E-state index < -0.39 is 10.0 Å². The molecule has 4 rings (SSSR count). The number of nitrogens with zero attached hydrogens (tertiary/aromatic N) is 1. The van der Waals surface area contributed by atoms with Gasteiger partial charge in [0.15, 0.2) is 0 Å². The third-order valence-electron chi connectivity index (χ3n) is 6.24. The quantitative estimate of drug-likeness (QED) is 0.244. The first kappa shape index (κ1) is 27.3. The molecule has 0 aromatic heterocycles. The first-order chi connectivity index (χ1) is 17.2. The third-order valence-corrected chi connectivity index (χ3v) is 9.03. The highest BCUT2D eigenvalue weighted by molar-refractivity contribution is 9.10. The molecular formula is C27H28BrCl2NO4S. The van der Waals surface area contributed by atoms with Crippen molar-refractivity contribution in [3.63, 3.8) is 0 Å². The molecule has 0 N–H and O–H groups in total. The van der Waals surface area contributed by atoms with Gasteiger partial charge >= 0.3 is 0 Å². The maximum Gasteiger partial charge on any atom is 0.246 e. The van der Waals surface area contributed by atoms with E-state index in [1.807, 2.05) is 12.1 Å². The number of sulfonamides is 1. The summed E-state index contributed by atoms with van der Waals surface area (Å²) in [6.45, 7) is 0.582. The van der Waals surface area contributed by atoms with Crippen LogP contribution >= 0.6 is 39.1 Å². The van der Waals surface area contributed by atoms with Gasteiger partial charge in [0.05, 0.1) is 6.61 Å². The minimum Gasteiger partial charge on any atom is -0.492 e. The lowest BCUT2D eigenvalue weighted by atomic mass is 9.90. The second kappa shape index (κ2) is 12.2. The number of hydrogen-bond donors (Lipinski definition) is 0. The van der Waals surface area contributed by atoms with E-state index in [0.29, 0.717) is 45.4 Å². The van der Waals surface area contributed by atoms with Crippen molar-refractivity contribution in [3.05, 3.63) is 80.7 Å². The van der Waals surface area contributed by atoms with Gasteiger partial charge in [0.2, 0.25) is 10.0 Å². The zero-order valence-corrected chi connectivity index (χ0v) is 23.8. The second-order valence-corrected chi connectivity index (χ2v) is 12.8. The normalized spacial score (nSPS) is 14.7. The number of hydrogen-bond acceptors (Lipinski definition) is 4. The van der Waals surface area contributed by atoms with Crippen LogP contribution in [0.2, 0.25) is 10.0 Å². The van der Waals surface area contributed by atoms with Gasteiger partial charge in [0.25, 0.3) is 0 Å². The van der Waals surface area contributed by atoms with Gasteiger partial charge in [0, 0.05) is 33.7 Å². The second-order valence-electron chi connectivity index (χ2n) is 8.98. The molecule has 0 heterocycles. The van der Waals surface area contributed by atoms with Crippen LogP contribution in [0.1, 0.15) is 37.7 Å². The molecule has 3 aromatic rings. The average Bonchev–Trinajstić information content (AvgIpc) is 2.85. The zero-order valence-electron chi connectivity index (χ0n) is 19.9. The van der Waals surface area contributed by atoms with Gasteiger partial charge in [0.1, 0.15) is 22.1 Å². The van der Waals surface area contributed by atoms with E-state index in [1.165, 1.54) is 36.7 Å². The molecule has 0 saturated heterocycles. The Morgan fingerprint density at radius 1 is 0.944 bits per heavy atom. The smallest absolute Gasteiger partial charge is 0.246 e. The molecule has 0 amide bonds. The molecule has 192 valence electrons. The fourth-order valence-corrected chi connectivity index (χ4v) is 6.33. The van der Waals surface area contributed by atoms with Crippen molar-refractivity contribution < 1.29 is 17.9 Å². The van der Waals surface area contributed by atoms with Crippen LogP contribution in [0.4, 0.5) is 0 Å². The summed E-state index contributed by atoms with van der Waals surface area (Å²) in [5.74, 6) is 1.84. The lowest BCUT2D eigenvalue weighted by Gasteiger charge is -2.24. The fourth-order valence-electron chi connectivity index (χ4n) is 4.27. The maximum atomic E-state index is 13.7. The summed E-state index contributed by atoms with van der Waals surface area (Å²) < 4.78 is 41.5. The van der Waals surface area contributed by atoms with Crippen LogP contribution < -0.4 is 9.47 Å². The SMILES string of the molecule is CN(Cc1ccc(Br)cc1Oc1cccc(Cl)c1)S(=O)(=O)c1cc(Cl)ccc1OCC1CCCCC1. The summed E-state index contributed by atoms with van der Waals surface area (Å²) >= 11 is 15.8. The van der Waals surface area contributed by atoms with Crippen molar-refractivity contribution in [2.24, 2.45) is 5.92 Å². The molecular weight excluding hydrogens is 585 g/mol. The predicted octanol–water partition coefficient (Wildman–Crippen LogP) is 8.33. The van der Waals surface area contributed by atoms with E-state index in [2.05, 4.69) is 15.9 Å². The minimum absolute atomic E-state index is 0.0581. The molecule has 1 saturated carbocycles. The summed E-state index contributed by atoms with van der Waals surface area (Å²) in [6, 6.07) is 17.3. The number of ether oxygens (including phenoxy) is 2. The van der Waals surface area contributed by atoms with E-state index >= 15 is 0 Å². The van der Waals surface area contributed by atoms with Gasteiger partial charge in [-0.1, -0.05) is 70.5 Å². The van der Waals surface area contributed by atoms with Crippen LogP contribution in [0.3, 0.4) is 0 Å². The minimum atomic E-state index is -3.91. The Morgan fingerprint density at radius 2 is 1.69 bits per heavy atom. The summed E-state index contributed by atoms with van der Waals surface area (Å²) in [6.07, 6.45) is 5.84. The van der Waals surface area contributed by atoms with Crippen molar-refractivity contribution in [2.75, 3.05) is 13.7 Å². The number of halogens is 3. The topological polar surface area (TPSA) is 55.8 Å². The number of benzene rings is 3. The van der Waals surface area contributed by atoms with Crippen molar-refractivity contribution in [3.8, 4) is 17.2 Å². The van der Waals surface area contributed by atoms with Gasteiger partial charge < -0.3 is 9.47 Å². The standard InChI is InChI=1S/C27H28BrCl2NO4S/c1-31(17-20-10-11-21(28)14-26(20)35-24-9-5-8-22(29)15-24)36(32,33)27-16-23(30)12-13-25(27)34-18-19-6-3-2-4-7-19/h5,8-16,19H,2-4,6-7,17-18H2,1H3. The molecule has 1 aliphatic rings. The Kier molecular flexibility index (Phi) is 9.23. The molecule has 0 unspecified atom stereocenters. The largest absolute Gasteiger partial charge is 0.492 e. The molecule has 5 nitrogen and oxygen atoms in total. The Labute approximate surface area is 231 Å². The van der Waals surface area contributed by atoms with Gasteiger partial charge in [-0.2, -0.15) is 4.31 Å². The zero-order chi connectivity index (χ0) is 25.7. The van der Waals surface area contributed by atoms with Gasteiger partial charge in [-0.05, 0) is 67.3 Å². The van der Waals surface area contributed by atoms with Crippen LogP contribution in [0.25, 0.3) is 0 Å². The molecule has 0 atom stereocenters. The van der Waals surface area contributed by atoms with Crippen LogP contribution in [0.15, 0.2) is 70.0 Å². The van der Waals surface area contributed by atoms with E-state index in [-0.39, 0.29) is 11.4 Å². The molecule has 0 radical (unpaired) electrons. The Bertz CT molecular complexity index is 1310. The Hall–Kier alpha value is -1.77. The van der Waals surface area contributed by atoms with Crippen LogP contribution in [0.5, 0.6) is 17.2 Å². The molecule has 1 aliphatic carbocycles. The van der Waals surface area contributed by atoms with Crippen molar-refractivity contribution in [1.82, 2.24) is 4.31 Å². The lowest BCUT2D eigenvalue weighted by molar-refractivity contribution is 0.204. The molecule has 3 aromatic carbocycles. The number of rotatable bonds is 9. The summed E-state index contributed by atoms with van der Waals surface area (Å²) in [5.41, 5.74) is 0.691. The molecule has 9 heteroatoms. The highest BCUT2D eigenvalue weighted by Gasteiger charge is 2.27.